The van der Waals surface area contributed by atoms with Gasteiger partial charge in [-0.25, -0.2) is 4.98 Å². The quantitative estimate of drug-likeness (QED) is 0.481. The van der Waals surface area contributed by atoms with Crippen LogP contribution in [-0.4, -0.2) is 11.0 Å². The van der Waals surface area contributed by atoms with Gasteiger partial charge >= 0.3 is 0 Å². The third-order valence-corrected chi connectivity index (χ3v) is 6.16. The van der Waals surface area contributed by atoms with Crippen LogP contribution in [-0.2, 0) is 0 Å². The molecule has 3 heteroatoms. The van der Waals surface area contributed by atoms with E-state index in [2.05, 4.69) is 61.2 Å². The summed E-state index contributed by atoms with van der Waals surface area (Å²) in [5.74, 6) is 1.10. The summed E-state index contributed by atoms with van der Waals surface area (Å²) in [7, 11) is 0. The van der Waals surface area contributed by atoms with Crippen LogP contribution in [0.2, 0.25) is 5.02 Å². The van der Waals surface area contributed by atoms with E-state index in [9.17, 15) is 0 Å². The number of benzene rings is 2. The van der Waals surface area contributed by atoms with E-state index in [-0.39, 0.29) is 6.04 Å². The standard InChI is InChI=1S/C24H27ClN2/c1-17-16-24(26-23-11-7-6-10-22(17)23)27(21-8-4-3-5-9-21)18(2)19-12-14-20(25)15-13-19/h6-7,10-16,18,21H,3-5,8-9H2,1-2H3/t18-/m0/s1. The average molecular weight is 379 g/mol. The molecule has 1 heterocycles. The third-order valence-electron chi connectivity index (χ3n) is 5.91. The highest BCUT2D eigenvalue weighted by Gasteiger charge is 2.28. The highest BCUT2D eigenvalue weighted by Crippen LogP contribution is 2.35. The van der Waals surface area contributed by atoms with Crippen molar-refractivity contribution in [3.05, 3.63) is 70.7 Å². The molecular weight excluding hydrogens is 352 g/mol. The number of aryl methyl sites for hydroxylation is 1. The molecule has 1 aliphatic carbocycles. The lowest BCUT2D eigenvalue weighted by Crippen LogP contribution is -2.39. The zero-order valence-electron chi connectivity index (χ0n) is 16.2. The van der Waals surface area contributed by atoms with E-state index in [0.717, 1.165) is 16.4 Å². The van der Waals surface area contributed by atoms with Crippen LogP contribution in [0, 0.1) is 6.92 Å². The Labute approximate surface area is 167 Å². The number of anilines is 1. The van der Waals surface area contributed by atoms with Crippen LogP contribution in [0.3, 0.4) is 0 Å². The van der Waals surface area contributed by atoms with Crippen molar-refractivity contribution >= 4 is 28.3 Å². The zero-order valence-corrected chi connectivity index (χ0v) is 16.9. The van der Waals surface area contributed by atoms with Gasteiger partial charge in [0.15, 0.2) is 0 Å². The van der Waals surface area contributed by atoms with Crippen molar-refractivity contribution in [1.82, 2.24) is 4.98 Å². The van der Waals surface area contributed by atoms with Crippen LogP contribution in [0.4, 0.5) is 5.82 Å². The van der Waals surface area contributed by atoms with Gasteiger partial charge in [0.1, 0.15) is 5.82 Å². The molecule has 0 N–H and O–H groups in total. The number of nitrogens with zero attached hydrogens (tertiary/aromatic N) is 2. The number of hydrogen-bond donors (Lipinski definition) is 0. The van der Waals surface area contributed by atoms with Crippen LogP contribution in [0.5, 0.6) is 0 Å². The van der Waals surface area contributed by atoms with Crippen molar-refractivity contribution in [2.45, 2.75) is 58.0 Å². The van der Waals surface area contributed by atoms with Crippen LogP contribution >= 0.6 is 11.6 Å². The average Bonchev–Trinajstić information content (AvgIpc) is 2.69. The van der Waals surface area contributed by atoms with Gasteiger partial charge in [0, 0.05) is 16.5 Å². The lowest BCUT2D eigenvalue weighted by molar-refractivity contribution is 0.393. The molecule has 27 heavy (non-hydrogen) atoms. The van der Waals surface area contributed by atoms with Gasteiger partial charge in [0.25, 0.3) is 0 Å². The summed E-state index contributed by atoms with van der Waals surface area (Å²) >= 11 is 6.12. The minimum atomic E-state index is 0.262. The van der Waals surface area contributed by atoms with Crippen LogP contribution in [0.15, 0.2) is 54.6 Å². The molecular formula is C24H27ClN2. The number of hydrogen-bond acceptors (Lipinski definition) is 2. The monoisotopic (exact) mass is 378 g/mol. The number of halogens is 1. The lowest BCUT2D eigenvalue weighted by atomic mass is 9.92. The fraction of sp³-hybridized carbons (Fsp3) is 0.375. The molecule has 4 rings (SSSR count). The Morgan fingerprint density at radius 1 is 1.00 bits per heavy atom. The van der Waals surface area contributed by atoms with E-state index < -0.39 is 0 Å². The molecule has 1 saturated carbocycles. The molecule has 0 amide bonds. The van der Waals surface area contributed by atoms with Crippen molar-refractivity contribution < 1.29 is 0 Å². The van der Waals surface area contributed by atoms with E-state index in [1.54, 1.807) is 0 Å². The van der Waals surface area contributed by atoms with Crippen LogP contribution in [0.25, 0.3) is 10.9 Å². The minimum Gasteiger partial charge on any atom is -0.347 e. The fourth-order valence-corrected chi connectivity index (χ4v) is 4.55. The predicted molar refractivity (Wildman–Crippen MR) is 116 cm³/mol. The molecule has 1 atom stereocenters. The van der Waals surface area contributed by atoms with Crippen molar-refractivity contribution in [1.29, 1.82) is 0 Å². The SMILES string of the molecule is Cc1cc(N(C2CCCCC2)[C@@H](C)c2ccc(Cl)cc2)nc2ccccc12. The van der Waals surface area contributed by atoms with Gasteiger partial charge in [-0.1, -0.05) is 61.2 Å². The van der Waals surface area contributed by atoms with Crippen molar-refractivity contribution in [2.75, 3.05) is 4.90 Å². The Morgan fingerprint density at radius 3 is 2.44 bits per heavy atom. The maximum Gasteiger partial charge on any atom is 0.130 e. The van der Waals surface area contributed by atoms with Gasteiger partial charge in [-0.05, 0) is 62.1 Å². The smallest absolute Gasteiger partial charge is 0.130 e. The minimum absolute atomic E-state index is 0.262. The molecule has 1 aromatic heterocycles. The highest BCUT2D eigenvalue weighted by atomic mass is 35.5. The van der Waals surface area contributed by atoms with Gasteiger partial charge in [0.2, 0.25) is 0 Å². The summed E-state index contributed by atoms with van der Waals surface area (Å²) in [6.07, 6.45) is 6.45. The first-order valence-corrected chi connectivity index (χ1v) is 10.4. The molecule has 0 bridgehead atoms. The van der Waals surface area contributed by atoms with Gasteiger partial charge < -0.3 is 4.90 Å². The van der Waals surface area contributed by atoms with Crippen LogP contribution < -0.4 is 4.90 Å². The van der Waals surface area contributed by atoms with Crippen LogP contribution in [0.1, 0.15) is 56.2 Å². The van der Waals surface area contributed by atoms with E-state index >= 15 is 0 Å². The summed E-state index contributed by atoms with van der Waals surface area (Å²) in [6.45, 7) is 4.49. The Balaban J connectivity index is 1.78. The zero-order chi connectivity index (χ0) is 18.8. The van der Waals surface area contributed by atoms with E-state index in [1.807, 2.05) is 12.1 Å². The lowest BCUT2D eigenvalue weighted by Gasteiger charge is -2.40. The third kappa shape index (κ3) is 3.82. The summed E-state index contributed by atoms with van der Waals surface area (Å²) in [5, 5.41) is 2.03. The first-order valence-electron chi connectivity index (χ1n) is 10.0. The molecule has 2 nitrogen and oxygen atoms in total. The van der Waals surface area contributed by atoms with Gasteiger partial charge in [-0.3, -0.25) is 0 Å². The van der Waals surface area contributed by atoms with Gasteiger partial charge in [0.05, 0.1) is 11.6 Å². The maximum absolute atomic E-state index is 6.12. The fourth-order valence-electron chi connectivity index (χ4n) is 4.43. The normalized spacial score (nSPS) is 16.4. The second kappa shape index (κ2) is 7.90. The number of rotatable bonds is 4. The second-order valence-corrected chi connectivity index (χ2v) is 8.18. The predicted octanol–water partition coefficient (Wildman–Crippen LogP) is 7.10. The molecule has 140 valence electrons. The first-order chi connectivity index (χ1) is 13.1. The number of pyridine rings is 1. The van der Waals surface area contributed by atoms with E-state index in [1.165, 1.54) is 48.6 Å². The Hall–Kier alpha value is -2.06. The Bertz CT molecular complexity index is 913. The Kier molecular flexibility index (Phi) is 5.36. The summed E-state index contributed by atoms with van der Waals surface area (Å²) < 4.78 is 0. The number of aromatic nitrogens is 1. The molecule has 0 unspecified atom stereocenters. The largest absolute Gasteiger partial charge is 0.347 e. The molecule has 0 radical (unpaired) electrons. The molecule has 3 aromatic rings. The topological polar surface area (TPSA) is 16.1 Å². The molecule has 0 saturated heterocycles. The van der Waals surface area contributed by atoms with E-state index in [0.29, 0.717) is 6.04 Å². The summed E-state index contributed by atoms with van der Waals surface area (Å²) in [5.41, 5.74) is 3.66. The summed E-state index contributed by atoms with van der Waals surface area (Å²) in [4.78, 5) is 7.63. The molecule has 0 spiro atoms. The van der Waals surface area contributed by atoms with Gasteiger partial charge in [-0.2, -0.15) is 0 Å². The summed E-state index contributed by atoms with van der Waals surface area (Å²) in [6, 6.07) is 19.8. The van der Waals surface area contributed by atoms with Crippen molar-refractivity contribution in [3.8, 4) is 0 Å². The first kappa shape index (κ1) is 18.3. The van der Waals surface area contributed by atoms with Crippen molar-refractivity contribution in [3.63, 3.8) is 0 Å². The Morgan fingerprint density at radius 2 is 1.70 bits per heavy atom. The second-order valence-electron chi connectivity index (χ2n) is 7.74. The van der Waals surface area contributed by atoms with E-state index in [4.69, 9.17) is 16.6 Å². The molecule has 1 fully saturated rings. The maximum atomic E-state index is 6.12. The molecule has 1 aliphatic rings. The molecule has 2 aromatic carbocycles. The van der Waals surface area contributed by atoms with Crippen molar-refractivity contribution in [2.24, 2.45) is 0 Å². The molecule has 0 aliphatic heterocycles. The number of para-hydroxylation sites is 1. The number of fused-ring (bicyclic) bond motifs is 1. The highest BCUT2D eigenvalue weighted by molar-refractivity contribution is 6.30. The van der Waals surface area contributed by atoms with Gasteiger partial charge in [-0.15, -0.1) is 0 Å².